The van der Waals surface area contributed by atoms with Gasteiger partial charge in [-0.25, -0.2) is 0 Å². The molecule has 4 heteroatoms. The maximum atomic E-state index is 6.12. The van der Waals surface area contributed by atoms with E-state index in [4.69, 9.17) is 17.3 Å². The zero-order chi connectivity index (χ0) is 9.42. The third kappa shape index (κ3) is 1.62. The van der Waals surface area contributed by atoms with Crippen LogP contribution >= 0.6 is 38.9 Å². The molecule has 0 saturated carbocycles. The van der Waals surface area contributed by atoms with Gasteiger partial charge in [0, 0.05) is 26.0 Å². The molecule has 1 nitrogen and oxygen atoms in total. The molecular formula is C9H7BrClNS. The van der Waals surface area contributed by atoms with Gasteiger partial charge < -0.3 is 5.73 Å². The molecule has 1 aromatic heterocycles. The third-order valence-corrected chi connectivity index (χ3v) is 4.06. The van der Waals surface area contributed by atoms with E-state index in [0.717, 1.165) is 19.8 Å². The van der Waals surface area contributed by atoms with Gasteiger partial charge in [-0.1, -0.05) is 33.6 Å². The van der Waals surface area contributed by atoms with Crippen LogP contribution in [0.2, 0.25) is 5.02 Å². The smallest absolute Gasteiger partial charge is 0.0636 e. The largest absolute Gasteiger partial charge is 0.326 e. The lowest BCUT2D eigenvalue weighted by atomic mass is 10.2. The lowest BCUT2D eigenvalue weighted by Gasteiger charge is -1.91. The van der Waals surface area contributed by atoms with Crippen molar-refractivity contribution in [1.82, 2.24) is 0 Å². The fraction of sp³-hybridized carbons (Fsp3) is 0.111. The summed E-state index contributed by atoms with van der Waals surface area (Å²) in [6.45, 7) is 0.510. The normalized spacial score (nSPS) is 11.0. The van der Waals surface area contributed by atoms with Gasteiger partial charge in [-0.15, -0.1) is 11.3 Å². The molecule has 0 saturated heterocycles. The highest BCUT2D eigenvalue weighted by Gasteiger charge is 2.08. The van der Waals surface area contributed by atoms with E-state index in [0.29, 0.717) is 6.54 Å². The van der Waals surface area contributed by atoms with Gasteiger partial charge in [0.2, 0.25) is 0 Å². The van der Waals surface area contributed by atoms with Crippen molar-refractivity contribution in [2.75, 3.05) is 0 Å². The Kier molecular flexibility index (Phi) is 2.60. The van der Waals surface area contributed by atoms with Crippen LogP contribution in [0.3, 0.4) is 0 Å². The molecule has 2 N–H and O–H groups in total. The maximum Gasteiger partial charge on any atom is 0.0636 e. The van der Waals surface area contributed by atoms with Crippen molar-refractivity contribution in [3.63, 3.8) is 0 Å². The highest BCUT2D eigenvalue weighted by atomic mass is 79.9. The molecule has 68 valence electrons. The van der Waals surface area contributed by atoms with Gasteiger partial charge in [0.1, 0.15) is 0 Å². The average molecular weight is 277 g/mol. The molecule has 0 bridgehead atoms. The topological polar surface area (TPSA) is 26.0 Å². The molecule has 13 heavy (non-hydrogen) atoms. The summed E-state index contributed by atoms with van der Waals surface area (Å²) in [6.07, 6.45) is 0. The molecule has 0 amide bonds. The molecule has 0 unspecified atom stereocenters. The number of hydrogen-bond acceptors (Lipinski definition) is 2. The summed E-state index contributed by atoms with van der Waals surface area (Å²) in [5.74, 6) is 0. The number of thiophene rings is 1. The fourth-order valence-electron chi connectivity index (χ4n) is 1.22. The zero-order valence-corrected chi connectivity index (χ0v) is 9.84. The minimum absolute atomic E-state index is 0.510. The van der Waals surface area contributed by atoms with Crippen LogP contribution in [-0.4, -0.2) is 0 Å². The van der Waals surface area contributed by atoms with Crippen molar-refractivity contribution in [3.8, 4) is 0 Å². The summed E-state index contributed by atoms with van der Waals surface area (Å²) in [5, 5.41) is 1.89. The van der Waals surface area contributed by atoms with Crippen molar-refractivity contribution in [2.45, 2.75) is 6.54 Å². The number of rotatable bonds is 1. The predicted octanol–water partition coefficient (Wildman–Crippen LogP) is 3.78. The van der Waals surface area contributed by atoms with Crippen molar-refractivity contribution < 1.29 is 0 Å². The lowest BCUT2D eigenvalue weighted by molar-refractivity contribution is 1.11. The number of halogens is 2. The van der Waals surface area contributed by atoms with Gasteiger partial charge >= 0.3 is 0 Å². The monoisotopic (exact) mass is 275 g/mol. The highest BCUT2D eigenvalue weighted by Crippen LogP contribution is 2.36. The lowest BCUT2D eigenvalue weighted by Crippen LogP contribution is -1.92. The van der Waals surface area contributed by atoms with Crippen LogP contribution in [0.15, 0.2) is 22.7 Å². The van der Waals surface area contributed by atoms with E-state index in [2.05, 4.69) is 22.0 Å². The third-order valence-electron chi connectivity index (χ3n) is 1.84. The Bertz CT molecular complexity index is 452. The first-order valence-corrected chi connectivity index (χ1v) is 5.77. The van der Waals surface area contributed by atoms with Crippen LogP contribution in [0.5, 0.6) is 0 Å². The molecule has 0 aliphatic carbocycles. The quantitative estimate of drug-likeness (QED) is 0.843. The van der Waals surface area contributed by atoms with Crippen LogP contribution in [0, 0.1) is 0 Å². The van der Waals surface area contributed by atoms with E-state index in [1.54, 1.807) is 11.3 Å². The Balaban J connectivity index is 2.76. The van der Waals surface area contributed by atoms with Gasteiger partial charge in [0.15, 0.2) is 0 Å². The standard InChI is InChI=1S/C9H7BrClNS/c10-5-1-2-6-7(3-5)13-8(4-12)9(6)11/h1-3H,4,12H2. The molecule has 1 heterocycles. The first-order chi connectivity index (χ1) is 6.22. The second-order valence-electron chi connectivity index (χ2n) is 2.68. The molecular weight excluding hydrogens is 270 g/mol. The Morgan fingerprint density at radius 1 is 1.46 bits per heavy atom. The van der Waals surface area contributed by atoms with Gasteiger partial charge in [-0.2, -0.15) is 0 Å². The van der Waals surface area contributed by atoms with Crippen LogP contribution in [-0.2, 0) is 6.54 Å². The number of fused-ring (bicyclic) bond motifs is 1. The minimum atomic E-state index is 0.510. The zero-order valence-electron chi connectivity index (χ0n) is 6.68. The second kappa shape index (κ2) is 3.58. The second-order valence-corrected chi connectivity index (χ2v) is 5.11. The molecule has 1 aromatic carbocycles. The van der Waals surface area contributed by atoms with Gasteiger partial charge in [0.25, 0.3) is 0 Å². The van der Waals surface area contributed by atoms with Crippen LogP contribution in [0.4, 0.5) is 0 Å². The molecule has 0 fully saturated rings. The molecule has 0 atom stereocenters. The first-order valence-electron chi connectivity index (χ1n) is 3.79. The SMILES string of the molecule is NCc1sc2cc(Br)ccc2c1Cl. The summed E-state index contributed by atoms with van der Waals surface area (Å²) >= 11 is 11.2. The molecule has 0 aliphatic heterocycles. The summed E-state index contributed by atoms with van der Waals surface area (Å²) < 4.78 is 2.25. The van der Waals surface area contributed by atoms with Gasteiger partial charge in [-0.05, 0) is 12.1 Å². The van der Waals surface area contributed by atoms with Crippen molar-refractivity contribution in [1.29, 1.82) is 0 Å². The maximum absolute atomic E-state index is 6.12. The van der Waals surface area contributed by atoms with E-state index in [-0.39, 0.29) is 0 Å². The van der Waals surface area contributed by atoms with Crippen LogP contribution in [0.1, 0.15) is 4.88 Å². The molecule has 2 aromatic rings. The summed E-state index contributed by atoms with van der Waals surface area (Å²) in [7, 11) is 0. The van der Waals surface area contributed by atoms with E-state index < -0.39 is 0 Å². The van der Waals surface area contributed by atoms with E-state index in [1.807, 2.05) is 12.1 Å². The van der Waals surface area contributed by atoms with E-state index in [1.165, 1.54) is 4.70 Å². The van der Waals surface area contributed by atoms with Crippen molar-refractivity contribution in [2.24, 2.45) is 5.73 Å². The van der Waals surface area contributed by atoms with Crippen molar-refractivity contribution >= 4 is 49.0 Å². The molecule has 2 rings (SSSR count). The minimum Gasteiger partial charge on any atom is -0.326 e. The van der Waals surface area contributed by atoms with Crippen LogP contribution < -0.4 is 5.73 Å². The highest BCUT2D eigenvalue weighted by molar-refractivity contribution is 9.10. The Morgan fingerprint density at radius 3 is 2.92 bits per heavy atom. The molecule has 0 radical (unpaired) electrons. The summed E-state index contributed by atoms with van der Waals surface area (Å²) in [4.78, 5) is 1.05. The van der Waals surface area contributed by atoms with Gasteiger partial charge in [0.05, 0.1) is 5.02 Å². The van der Waals surface area contributed by atoms with E-state index >= 15 is 0 Å². The Labute approximate surface area is 93.6 Å². The average Bonchev–Trinajstić information content (AvgIpc) is 2.42. The molecule has 0 spiro atoms. The number of hydrogen-bond donors (Lipinski definition) is 1. The molecule has 0 aliphatic rings. The van der Waals surface area contributed by atoms with Crippen molar-refractivity contribution in [3.05, 3.63) is 32.6 Å². The van der Waals surface area contributed by atoms with Gasteiger partial charge in [-0.3, -0.25) is 0 Å². The Hall–Kier alpha value is -0.0900. The van der Waals surface area contributed by atoms with Crippen LogP contribution in [0.25, 0.3) is 10.1 Å². The summed E-state index contributed by atoms with van der Waals surface area (Å²) in [5.41, 5.74) is 5.57. The summed E-state index contributed by atoms with van der Waals surface area (Å²) in [6, 6.07) is 6.06. The number of benzene rings is 1. The first kappa shape index (κ1) is 9.46. The van der Waals surface area contributed by atoms with E-state index in [9.17, 15) is 0 Å². The Morgan fingerprint density at radius 2 is 2.23 bits per heavy atom. The predicted molar refractivity (Wildman–Crippen MR) is 62.4 cm³/mol. The fourth-order valence-corrected chi connectivity index (χ4v) is 3.16. The number of nitrogens with two attached hydrogens (primary N) is 1.